The van der Waals surface area contributed by atoms with Crippen LogP contribution >= 0.6 is 0 Å². The van der Waals surface area contributed by atoms with Gasteiger partial charge in [0.15, 0.2) is 0 Å². The largest absolute Gasteiger partial charge is 0.343 e. The van der Waals surface area contributed by atoms with Crippen molar-refractivity contribution in [3.63, 3.8) is 0 Å². The van der Waals surface area contributed by atoms with E-state index in [1.807, 2.05) is 9.80 Å². The van der Waals surface area contributed by atoms with Gasteiger partial charge in [-0.3, -0.25) is 4.79 Å². The number of amides is 3. The van der Waals surface area contributed by atoms with Gasteiger partial charge in [-0.15, -0.1) is 0 Å². The summed E-state index contributed by atoms with van der Waals surface area (Å²) in [4.78, 5) is 28.9. The summed E-state index contributed by atoms with van der Waals surface area (Å²) in [7, 11) is 0. The van der Waals surface area contributed by atoms with E-state index in [0.29, 0.717) is 36.1 Å². The van der Waals surface area contributed by atoms with Crippen LogP contribution in [0.15, 0.2) is 0 Å². The summed E-state index contributed by atoms with van der Waals surface area (Å²) in [6.45, 7) is 8.04. The quantitative estimate of drug-likeness (QED) is 0.850. The van der Waals surface area contributed by atoms with Crippen molar-refractivity contribution in [2.75, 3.05) is 26.2 Å². The van der Waals surface area contributed by atoms with Crippen molar-refractivity contribution in [2.45, 2.75) is 71.3 Å². The number of rotatable bonds is 3. The molecule has 5 nitrogen and oxygen atoms in total. The predicted molar refractivity (Wildman–Crippen MR) is 99.2 cm³/mol. The highest BCUT2D eigenvalue weighted by Crippen LogP contribution is 2.30. The van der Waals surface area contributed by atoms with Crippen molar-refractivity contribution in [3.8, 4) is 0 Å². The highest BCUT2D eigenvalue weighted by molar-refractivity contribution is 5.77. The van der Waals surface area contributed by atoms with Crippen LogP contribution in [0.3, 0.4) is 0 Å². The Balaban J connectivity index is 1.40. The third kappa shape index (κ3) is 4.68. The lowest BCUT2D eigenvalue weighted by atomic mass is 9.78. The van der Waals surface area contributed by atoms with Crippen LogP contribution in [0, 0.1) is 17.8 Å². The fraction of sp³-hybridized carbons (Fsp3) is 0.900. The number of nitrogens with zero attached hydrogens (tertiary/aromatic N) is 2. The Morgan fingerprint density at radius 1 is 0.880 bits per heavy atom. The molecule has 0 unspecified atom stereocenters. The normalized spacial score (nSPS) is 31.2. The summed E-state index contributed by atoms with van der Waals surface area (Å²) in [6.07, 6.45) is 8.52. The van der Waals surface area contributed by atoms with Crippen molar-refractivity contribution in [3.05, 3.63) is 0 Å². The molecular weight excluding hydrogens is 314 g/mol. The zero-order valence-electron chi connectivity index (χ0n) is 16.0. The highest BCUT2D eigenvalue weighted by atomic mass is 16.2. The first kappa shape index (κ1) is 18.5. The minimum atomic E-state index is 0.107. The van der Waals surface area contributed by atoms with E-state index in [9.17, 15) is 9.59 Å². The molecule has 0 radical (unpaired) electrons. The monoisotopic (exact) mass is 349 g/mol. The molecule has 5 heteroatoms. The smallest absolute Gasteiger partial charge is 0.317 e. The lowest BCUT2D eigenvalue weighted by Gasteiger charge is -2.38. The maximum absolute atomic E-state index is 12.6. The second-order valence-corrected chi connectivity index (χ2v) is 8.55. The van der Waals surface area contributed by atoms with Crippen LogP contribution in [0.4, 0.5) is 4.79 Å². The van der Waals surface area contributed by atoms with Gasteiger partial charge in [0.2, 0.25) is 5.91 Å². The van der Waals surface area contributed by atoms with Gasteiger partial charge in [0.1, 0.15) is 0 Å². The van der Waals surface area contributed by atoms with Crippen LogP contribution in [0.5, 0.6) is 0 Å². The Hall–Kier alpha value is -1.26. The average molecular weight is 350 g/mol. The molecule has 0 bridgehead atoms. The number of hydrogen-bond acceptors (Lipinski definition) is 2. The molecule has 2 saturated heterocycles. The Bertz CT molecular complexity index is 468. The molecule has 142 valence electrons. The second kappa shape index (κ2) is 8.41. The van der Waals surface area contributed by atoms with Gasteiger partial charge in [-0.1, -0.05) is 26.7 Å². The first-order chi connectivity index (χ1) is 12.0. The summed E-state index contributed by atoms with van der Waals surface area (Å²) in [5, 5.41) is 3.28. The van der Waals surface area contributed by atoms with Gasteiger partial charge in [-0.05, 0) is 49.9 Å². The first-order valence-corrected chi connectivity index (χ1v) is 10.4. The Labute approximate surface area is 152 Å². The standard InChI is InChI=1S/C20H35N3O2/c1-15-6-5-7-18(16(15)2)21-20(25)23-12-8-17(9-13-23)14-19(24)22-10-3-4-11-22/h15-18H,3-14H2,1-2H3,(H,21,25)/t15-,16+,18-/m1/s1. The third-order valence-electron chi connectivity index (χ3n) is 6.84. The highest BCUT2D eigenvalue weighted by Gasteiger charge is 2.31. The Morgan fingerprint density at radius 3 is 2.24 bits per heavy atom. The van der Waals surface area contributed by atoms with Gasteiger partial charge in [-0.25, -0.2) is 4.79 Å². The fourth-order valence-electron chi connectivity index (χ4n) is 4.72. The minimum Gasteiger partial charge on any atom is -0.343 e. The van der Waals surface area contributed by atoms with Gasteiger partial charge in [-0.2, -0.15) is 0 Å². The van der Waals surface area contributed by atoms with Gasteiger partial charge in [0, 0.05) is 38.6 Å². The Morgan fingerprint density at radius 2 is 1.56 bits per heavy atom. The summed E-state index contributed by atoms with van der Waals surface area (Å²) in [5.74, 6) is 2.03. The number of piperidine rings is 1. The molecule has 2 heterocycles. The molecule has 0 spiro atoms. The SMILES string of the molecule is C[C@H]1[C@H](C)CCC[C@H]1NC(=O)N1CCC(CC(=O)N2CCCC2)CC1. The summed E-state index contributed by atoms with van der Waals surface area (Å²) >= 11 is 0. The number of carbonyl (C=O) groups is 2. The van der Waals surface area contributed by atoms with Crippen molar-refractivity contribution in [1.29, 1.82) is 0 Å². The maximum Gasteiger partial charge on any atom is 0.317 e. The topological polar surface area (TPSA) is 52.7 Å². The van der Waals surface area contributed by atoms with E-state index in [1.54, 1.807) is 0 Å². The first-order valence-electron chi connectivity index (χ1n) is 10.4. The number of carbonyl (C=O) groups excluding carboxylic acids is 2. The van der Waals surface area contributed by atoms with Crippen molar-refractivity contribution in [1.82, 2.24) is 15.1 Å². The Kier molecular flexibility index (Phi) is 6.24. The fourth-order valence-corrected chi connectivity index (χ4v) is 4.72. The molecule has 3 amide bonds. The lowest BCUT2D eigenvalue weighted by Crippen LogP contribution is -2.51. The molecule has 25 heavy (non-hydrogen) atoms. The lowest BCUT2D eigenvalue weighted by molar-refractivity contribution is -0.131. The summed E-state index contributed by atoms with van der Waals surface area (Å²) < 4.78 is 0. The maximum atomic E-state index is 12.6. The van der Waals surface area contributed by atoms with Crippen molar-refractivity contribution in [2.24, 2.45) is 17.8 Å². The predicted octanol–water partition coefficient (Wildman–Crippen LogP) is 3.25. The van der Waals surface area contributed by atoms with E-state index in [1.165, 1.54) is 12.8 Å². The van der Waals surface area contributed by atoms with Crippen LogP contribution in [0.25, 0.3) is 0 Å². The number of hydrogen-bond donors (Lipinski definition) is 1. The van der Waals surface area contributed by atoms with Crippen molar-refractivity contribution < 1.29 is 9.59 Å². The van der Waals surface area contributed by atoms with E-state index in [2.05, 4.69) is 19.2 Å². The minimum absolute atomic E-state index is 0.107. The molecule has 0 aromatic rings. The molecule has 3 rings (SSSR count). The second-order valence-electron chi connectivity index (χ2n) is 8.55. The third-order valence-corrected chi connectivity index (χ3v) is 6.84. The summed E-state index contributed by atoms with van der Waals surface area (Å²) in [5.41, 5.74) is 0. The molecule has 3 aliphatic rings. The summed E-state index contributed by atoms with van der Waals surface area (Å²) in [6, 6.07) is 0.431. The van der Waals surface area contributed by atoms with Crippen molar-refractivity contribution >= 4 is 11.9 Å². The van der Waals surface area contributed by atoms with Crippen LogP contribution in [0.1, 0.15) is 65.2 Å². The number of likely N-dealkylation sites (tertiary alicyclic amines) is 2. The van der Waals surface area contributed by atoms with Crippen LogP contribution < -0.4 is 5.32 Å². The van der Waals surface area contributed by atoms with E-state index < -0.39 is 0 Å². The number of urea groups is 1. The van der Waals surface area contributed by atoms with Gasteiger partial charge < -0.3 is 15.1 Å². The molecule has 0 aromatic carbocycles. The molecular formula is C20H35N3O2. The molecule has 1 N–H and O–H groups in total. The molecule has 2 aliphatic heterocycles. The molecule has 1 aliphatic carbocycles. The molecule has 0 aromatic heterocycles. The van der Waals surface area contributed by atoms with Gasteiger partial charge in [0.25, 0.3) is 0 Å². The van der Waals surface area contributed by atoms with Crippen LogP contribution in [-0.4, -0.2) is 54.0 Å². The molecule has 1 saturated carbocycles. The number of nitrogens with one attached hydrogen (secondary N) is 1. The zero-order chi connectivity index (χ0) is 17.8. The van der Waals surface area contributed by atoms with Gasteiger partial charge >= 0.3 is 6.03 Å². The zero-order valence-corrected chi connectivity index (χ0v) is 16.0. The van der Waals surface area contributed by atoms with E-state index in [-0.39, 0.29) is 6.03 Å². The van der Waals surface area contributed by atoms with Crippen LogP contribution in [0.2, 0.25) is 0 Å². The molecule has 3 fully saturated rings. The molecule has 3 atom stereocenters. The van der Waals surface area contributed by atoms with Gasteiger partial charge in [0.05, 0.1) is 0 Å². The van der Waals surface area contributed by atoms with E-state index in [4.69, 9.17) is 0 Å². The van der Waals surface area contributed by atoms with Crippen LogP contribution in [-0.2, 0) is 4.79 Å². The van der Waals surface area contributed by atoms with E-state index in [0.717, 1.165) is 58.3 Å². The van der Waals surface area contributed by atoms with E-state index >= 15 is 0 Å². The average Bonchev–Trinajstić information content (AvgIpc) is 3.14.